The lowest BCUT2D eigenvalue weighted by molar-refractivity contribution is -0.00544. The zero-order chi connectivity index (χ0) is 26.9. The Morgan fingerprint density at radius 1 is 1.28 bits per heavy atom. The number of aromatic nitrogens is 3. The molecule has 0 spiro atoms. The summed E-state index contributed by atoms with van der Waals surface area (Å²) in [4.78, 5) is 17.5. The molecular weight excluding hydrogens is 486 g/mol. The van der Waals surface area contributed by atoms with Crippen LogP contribution in [0.25, 0.3) is 11.3 Å². The number of aryl methyl sites for hydroxylation is 1. The molecule has 1 aliphatic rings. The average molecular weight is 525 g/mol. The molecule has 2 aromatic rings. The summed E-state index contributed by atoms with van der Waals surface area (Å²) in [7, 11) is 0. The number of hydrogen-bond donors (Lipinski definition) is 2. The Labute approximate surface area is 217 Å². The number of halogens is 3. The number of nitrogens with one attached hydrogen (secondary N) is 1. The van der Waals surface area contributed by atoms with Crippen molar-refractivity contribution in [3.63, 3.8) is 0 Å². The van der Waals surface area contributed by atoms with E-state index in [2.05, 4.69) is 43.1 Å². The summed E-state index contributed by atoms with van der Waals surface area (Å²) >= 11 is 6.62. The van der Waals surface area contributed by atoms with Gasteiger partial charge in [-0.05, 0) is 56.4 Å². The maximum Gasteiger partial charge on any atom is 0.273 e. The average Bonchev–Trinajstić information content (AvgIpc) is 3.15. The predicted molar refractivity (Wildman–Crippen MR) is 138 cm³/mol. The van der Waals surface area contributed by atoms with E-state index in [1.165, 1.54) is 16.9 Å². The van der Waals surface area contributed by atoms with Crippen molar-refractivity contribution in [2.24, 2.45) is 11.3 Å². The van der Waals surface area contributed by atoms with Crippen molar-refractivity contribution in [3.05, 3.63) is 34.2 Å². The summed E-state index contributed by atoms with van der Waals surface area (Å²) in [5.41, 5.74) is -0.332. The first-order valence-electron chi connectivity index (χ1n) is 12.8. The van der Waals surface area contributed by atoms with Crippen LogP contribution in [0.4, 0.5) is 8.78 Å². The van der Waals surface area contributed by atoms with Gasteiger partial charge in [-0.15, -0.1) is 0 Å². The Hall–Kier alpha value is -2.06. The van der Waals surface area contributed by atoms with Gasteiger partial charge < -0.3 is 10.4 Å². The third kappa shape index (κ3) is 6.43. The summed E-state index contributed by atoms with van der Waals surface area (Å²) in [5.74, 6) is -3.14. The second-order valence-corrected chi connectivity index (χ2v) is 11.6. The smallest absolute Gasteiger partial charge is 0.273 e. The van der Waals surface area contributed by atoms with Crippen LogP contribution >= 0.6 is 11.6 Å². The van der Waals surface area contributed by atoms with Crippen molar-refractivity contribution in [2.75, 3.05) is 6.54 Å². The third-order valence-electron chi connectivity index (χ3n) is 7.50. The van der Waals surface area contributed by atoms with Gasteiger partial charge in [-0.3, -0.25) is 14.5 Å². The molecular formula is C27H39ClF2N4O2. The molecule has 1 aliphatic carbocycles. The molecule has 2 heterocycles. The number of carbonyl (C=O) groups is 1. The number of alkyl halides is 2. The van der Waals surface area contributed by atoms with Crippen molar-refractivity contribution in [2.45, 2.75) is 98.1 Å². The molecule has 0 atom stereocenters. The SMILES string of the molecule is CCn1nc(C(=O)NCC2(O)CCC(C)CC2)c(Cl)c1-c1cnc(CC(C)(C)CC)cc1C(C)(F)F. The number of rotatable bonds is 9. The van der Waals surface area contributed by atoms with Crippen LogP contribution in [-0.4, -0.2) is 37.9 Å². The lowest BCUT2D eigenvalue weighted by Gasteiger charge is -2.34. The molecule has 0 aliphatic heterocycles. The standard InChI is InChI=1S/C27H39ClF2N4O2/c1-7-25(4,5)14-18-13-20(26(6,29)30)19(15-31-18)23-21(28)22(33-34(23)8-2)24(35)32-16-27(36)11-9-17(3)10-12-27/h13,15,17,36H,7-12,14,16H2,1-6H3,(H,32,35). The van der Waals surface area contributed by atoms with Crippen molar-refractivity contribution in [3.8, 4) is 11.3 Å². The van der Waals surface area contributed by atoms with E-state index in [0.29, 0.717) is 37.4 Å². The van der Waals surface area contributed by atoms with Crippen LogP contribution < -0.4 is 5.32 Å². The zero-order valence-electron chi connectivity index (χ0n) is 22.2. The molecule has 0 aromatic carbocycles. The summed E-state index contributed by atoms with van der Waals surface area (Å²) in [6.07, 6.45) is 5.87. The molecule has 1 saturated carbocycles. The van der Waals surface area contributed by atoms with Crippen LogP contribution in [0.3, 0.4) is 0 Å². The number of amides is 1. The van der Waals surface area contributed by atoms with E-state index >= 15 is 0 Å². The molecule has 3 rings (SSSR count). The molecule has 1 amide bonds. The van der Waals surface area contributed by atoms with Crippen LogP contribution in [0.5, 0.6) is 0 Å². The fraction of sp³-hybridized carbons (Fsp3) is 0.667. The van der Waals surface area contributed by atoms with Crippen molar-refractivity contribution < 1.29 is 18.7 Å². The minimum atomic E-state index is -3.15. The summed E-state index contributed by atoms with van der Waals surface area (Å²) in [5, 5.41) is 17.9. The highest BCUT2D eigenvalue weighted by molar-refractivity contribution is 6.36. The molecule has 0 unspecified atom stereocenters. The molecule has 1 fully saturated rings. The monoisotopic (exact) mass is 524 g/mol. The fourth-order valence-corrected chi connectivity index (χ4v) is 4.96. The highest BCUT2D eigenvalue weighted by Gasteiger charge is 2.35. The summed E-state index contributed by atoms with van der Waals surface area (Å²) in [6.45, 7) is 11.4. The molecule has 6 nitrogen and oxygen atoms in total. The topological polar surface area (TPSA) is 80.0 Å². The van der Waals surface area contributed by atoms with Gasteiger partial charge in [-0.2, -0.15) is 5.10 Å². The third-order valence-corrected chi connectivity index (χ3v) is 7.86. The Morgan fingerprint density at radius 2 is 1.92 bits per heavy atom. The van der Waals surface area contributed by atoms with Gasteiger partial charge in [0, 0.05) is 43.0 Å². The van der Waals surface area contributed by atoms with Crippen LogP contribution in [0.2, 0.25) is 5.02 Å². The normalized spacial score (nSPS) is 21.0. The van der Waals surface area contributed by atoms with Crippen LogP contribution in [0.15, 0.2) is 12.3 Å². The van der Waals surface area contributed by atoms with Crippen LogP contribution in [-0.2, 0) is 18.9 Å². The van der Waals surface area contributed by atoms with E-state index in [9.17, 15) is 18.7 Å². The number of hydrogen-bond acceptors (Lipinski definition) is 4. The van der Waals surface area contributed by atoms with E-state index in [1.54, 1.807) is 6.92 Å². The largest absolute Gasteiger partial charge is 0.388 e. The number of aliphatic hydroxyl groups is 1. The minimum Gasteiger partial charge on any atom is -0.388 e. The quantitative estimate of drug-likeness (QED) is 0.399. The molecule has 200 valence electrons. The maximum atomic E-state index is 14.8. The van der Waals surface area contributed by atoms with Gasteiger partial charge in [-0.25, -0.2) is 8.78 Å². The highest BCUT2D eigenvalue weighted by Crippen LogP contribution is 2.40. The van der Waals surface area contributed by atoms with Gasteiger partial charge in [0.1, 0.15) is 0 Å². The van der Waals surface area contributed by atoms with E-state index in [4.69, 9.17) is 11.6 Å². The van der Waals surface area contributed by atoms with E-state index in [-0.39, 0.29) is 39.5 Å². The Kier molecular flexibility index (Phi) is 8.50. The maximum absolute atomic E-state index is 14.8. The van der Waals surface area contributed by atoms with Crippen LogP contribution in [0, 0.1) is 11.3 Å². The minimum absolute atomic E-state index is 0.00690. The van der Waals surface area contributed by atoms with Gasteiger partial charge in [0.2, 0.25) is 0 Å². The van der Waals surface area contributed by atoms with E-state index in [1.807, 2.05) is 0 Å². The molecule has 2 aromatic heterocycles. The molecule has 0 radical (unpaired) electrons. The van der Waals surface area contributed by atoms with Crippen LogP contribution in [0.1, 0.15) is 95.4 Å². The number of nitrogens with zero attached hydrogens (tertiary/aromatic N) is 3. The zero-order valence-corrected chi connectivity index (χ0v) is 23.0. The Morgan fingerprint density at radius 3 is 2.47 bits per heavy atom. The molecule has 0 saturated heterocycles. The Balaban J connectivity index is 1.95. The van der Waals surface area contributed by atoms with Gasteiger partial charge in [0.05, 0.1) is 16.3 Å². The first kappa shape index (κ1) is 28.5. The van der Waals surface area contributed by atoms with Gasteiger partial charge in [-0.1, -0.05) is 45.7 Å². The number of pyridine rings is 1. The van der Waals surface area contributed by atoms with Gasteiger partial charge >= 0.3 is 0 Å². The van der Waals surface area contributed by atoms with Crippen molar-refractivity contribution >= 4 is 17.5 Å². The Bertz CT molecular complexity index is 1090. The van der Waals surface area contributed by atoms with E-state index in [0.717, 1.165) is 26.2 Å². The van der Waals surface area contributed by atoms with E-state index < -0.39 is 17.4 Å². The predicted octanol–water partition coefficient (Wildman–Crippen LogP) is 6.38. The molecule has 9 heteroatoms. The highest BCUT2D eigenvalue weighted by atomic mass is 35.5. The number of carbonyl (C=O) groups excluding carboxylic acids is 1. The van der Waals surface area contributed by atoms with Gasteiger partial charge in [0.15, 0.2) is 5.69 Å². The lowest BCUT2D eigenvalue weighted by Crippen LogP contribution is -2.45. The molecule has 36 heavy (non-hydrogen) atoms. The summed E-state index contributed by atoms with van der Waals surface area (Å²) in [6, 6.07) is 1.44. The molecule has 2 N–H and O–H groups in total. The first-order valence-corrected chi connectivity index (χ1v) is 13.2. The van der Waals surface area contributed by atoms with Crippen molar-refractivity contribution in [1.82, 2.24) is 20.1 Å². The second kappa shape index (κ2) is 10.7. The van der Waals surface area contributed by atoms with Crippen molar-refractivity contribution in [1.29, 1.82) is 0 Å². The fourth-order valence-electron chi connectivity index (χ4n) is 4.64. The lowest BCUT2D eigenvalue weighted by atomic mass is 9.79. The van der Waals surface area contributed by atoms with Gasteiger partial charge in [0.25, 0.3) is 11.8 Å². The molecule has 0 bridgehead atoms. The second-order valence-electron chi connectivity index (χ2n) is 11.2. The summed E-state index contributed by atoms with van der Waals surface area (Å²) < 4.78 is 31.1. The first-order chi connectivity index (χ1) is 16.7.